The molecule has 4 heteroatoms. The molecule has 0 saturated carbocycles. The molecule has 0 amide bonds. The molecular formula is C13H18BrNOS. The first kappa shape index (κ1) is 13.4. The molecule has 0 aromatic heterocycles. The third kappa shape index (κ3) is 3.98. The van der Waals surface area contributed by atoms with Crippen LogP contribution in [0.25, 0.3) is 0 Å². The average molecular weight is 316 g/mol. The van der Waals surface area contributed by atoms with E-state index in [1.54, 1.807) is 0 Å². The number of hydrogen-bond acceptors (Lipinski definition) is 3. The van der Waals surface area contributed by atoms with Crippen molar-refractivity contribution in [1.29, 1.82) is 0 Å². The fourth-order valence-corrected chi connectivity index (χ4v) is 3.68. The lowest BCUT2D eigenvalue weighted by Gasteiger charge is -2.10. The minimum absolute atomic E-state index is 0.447. The van der Waals surface area contributed by atoms with Gasteiger partial charge in [-0.2, -0.15) is 0 Å². The van der Waals surface area contributed by atoms with Crippen molar-refractivity contribution in [2.75, 3.05) is 18.9 Å². The molecule has 1 fully saturated rings. The van der Waals surface area contributed by atoms with E-state index in [2.05, 4.69) is 34.1 Å². The Bertz CT molecular complexity index is 366. The molecule has 0 bridgehead atoms. The summed E-state index contributed by atoms with van der Waals surface area (Å²) >= 11 is 5.47. The fraction of sp³-hybridized carbons (Fsp3) is 0.538. The second kappa shape index (κ2) is 6.78. The van der Waals surface area contributed by atoms with Crippen molar-refractivity contribution in [2.45, 2.75) is 30.3 Å². The second-order valence-electron chi connectivity index (χ2n) is 4.24. The van der Waals surface area contributed by atoms with E-state index < -0.39 is 0 Å². The van der Waals surface area contributed by atoms with Crippen LogP contribution in [0.2, 0.25) is 0 Å². The molecule has 1 atom stereocenters. The molecule has 1 aromatic carbocycles. The van der Waals surface area contributed by atoms with Crippen LogP contribution < -0.4 is 5.73 Å². The van der Waals surface area contributed by atoms with Crippen molar-refractivity contribution in [3.8, 4) is 0 Å². The predicted molar refractivity (Wildman–Crippen MR) is 76.6 cm³/mol. The van der Waals surface area contributed by atoms with E-state index in [4.69, 9.17) is 10.5 Å². The zero-order valence-electron chi connectivity index (χ0n) is 9.82. The Kier molecular flexibility index (Phi) is 5.35. The normalized spacial score (nSPS) is 19.8. The second-order valence-corrected chi connectivity index (χ2v) is 6.19. The number of thioether (sulfide) groups is 1. The Hall–Kier alpha value is -0.0300. The van der Waals surface area contributed by atoms with Crippen molar-refractivity contribution in [1.82, 2.24) is 0 Å². The van der Waals surface area contributed by atoms with E-state index in [0.29, 0.717) is 12.6 Å². The summed E-state index contributed by atoms with van der Waals surface area (Å²) < 4.78 is 6.79. The van der Waals surface area contributed by atoms with Gasteiger partial charge in [-0.15, -0.1) is 11.8 Å². The maximum atomic E-state index is 5.62. The molecule has 1 saturated heterocycles. The van der Waals surface area contributed by atoms with Gasteiger partial charge in [0.25, 0.3) is 0 Å². The highest BCUT2D eigenvalue weighted by atomic mass is 79.9. The van der Waals surface area contributed by atoms with Gasteiger partial charge in [0.1, 0.15) is 0 Å². The summed E-state index contributed by atoms with van der Waals surface area (Å²) in [7, 11) is 0. The standard InChI is InChI=1S/C13H18BrNOS/c14-13-8-12(4-3-10(13)5-6-15)17-9-11-2-1-7-16-11/h3-4,8,11H,1-2,5-7,9,15H2. The van der Waals surface area contributed by atoms with Crippen LogP contribution in [0.15, 0.2) is 27.6 Å². The monoisotopic (exact) mass is 315 g/mol. The number of benzene rings is 1. The quantitative estimate of drug-likeness (QED) is 0.847. The third-order valence-electron chi connectivity index (χ3n) is 2.90. The zero-order chi connectivity index (χ0) is 12.1. The Balaban J connectivity index is 1.90. The molecule has 1 aliphatic rings. The van der Waals surface area contributed by atoms with Crippen molar-refractivity contribution in [2.24, 2.45) is 5.73 Å². The van der Waals surface area contributed by atoms with Gasteiger partial charge in [0.2, 0.25) is 0 Å². The first-order valence-corrected chi connectivity index (χ1v) is 7.80. The minimum atomic E-state index is 0.447. The maximum Gasteiger partial charge on any atom is 0.0669 e. The fourth-order valence-electron chi connectivity index (χ4n) is 1.94. The van der Waals surface area contributed by atoms with E-state index in [-0.39, 0.29) is 0 Å². The van der Waals surface area contributed by atoms with Crippen LogP contribution in [0.3, 0.4) is 0 Å². The highest BCUT2D eigenvalue weighted by molar-refractivity contribution is 9.10. The van der Waals surface area contributed by atoms with Crippen LogP contribution in [0, 0.1) is 0 Å². The van der Waals surface area contributed by atoms with Gasteiger partial charge in [0.15, 0.2) is 0 Å². The van der Waals surface area contributed by atoms with Gasteiger partial charge < -0.3 is 10.5 Å². The van der Waals surface area contributed by atoms with Gasteiger partial charge >= 0.3 is 0 Å². The molecule has 94 valence electrons. The Morgan fingerprint density at radius 3 is 3.00 bits per heavy atom. The number of halogens is 1. The zero-order valence-corrected chi connectivity index (χ0v) is 12.2. The molecule has 2 nitrogen and oxygen atoms in total. The van der Waals surface area contributed by atoms with Crippen LogP contribution in [-0.2, 0) is 11.2 Å². The van der Waals surface area contributed by atoms with Gasteiger partial charge in [-0.05, 0) is 43.5 Å². The summed E-state index contributed by atoms with van der Waals surface area (Å²) in [5, 5.41) is 0. The topological polar surface area (TPSA) is 35.2 Å². The smallest absolute Gasteiger partial charge is 0.0669 e. The number of nitrogens with two attached hydrogens (primary N) is 1. The Labute approximate surface area is 115 Å². The van der Waals surface area contributed by atoms with Gasteiger partial charge in [-0.3, -0.25) is 0 Å². The van der Waals surface area contributed by atoms with E-state index in [1.807, 2.05) is 11.8 Å². The molecule has 0 spiro atoms. The van der Waals surface area contributed by atoms with E-state index in [0.717, 1.165) is 18.8 Å². The van der Waals surface area contributed by atoms with E-state index in [1.165, 1.54) is 27.8 Å². The first-order chi connectivity index (χ1) is 8.29. The molecule has 0 aliphatic carbocycles. The molecule has 2 rings (SSSR count). The summed E-state index contributed by atoms with van der Waals surface area (Å²) in [4.78, 5) is 1.30. The summed E-state index contributed by atoms with van der Waals surface area (Å²) in [6, 6.07) is 6.52. The summed E-state index contributed by atoms with van der Waals surface area (Å²) in [6.45, 7) is 1.63. The van der Waals surface area contributed by atoms with Crippen LogP contribution >= 0.6 is 27.7 Å². The minimum Gasteiger partial charge on any atom is -0.377 e. The van der Waals surface area contributed by atoms with Crippen molar-refractivity contribution in [3.63, 3.8) is 0 Å². The van der Waals surface area contributed by atoms with E-state index in [9.17, 15) is 0 Å². The summed E-state index contributed by atoms with van der Waals surface area (Å²) in [6.07, 6.45) is 3.80. The lowest BCUT2D eigenvalue weighted by Crippen LogP contribution is -2.07. The highest BCUT2D eigenvalue weighted by Crippen LogP contribution is 2.28. The Morgan fingerprint density at radius 1 is 1.47 bits per heavy atom. The van der Waals surface area contributed by atoms with Crippen molar-refractivity contribution >= 4 is 27.7 Å². The van der Waals surface area contributed by atoms with Gasteiger partial charge in [0, 0.05) is 21.7 Å². The number of ether oxygens (including phenoxy) is 1. The summed E-state index contributed by atoms with van der Waals surface area (Å²) in [5.41, 5.74) is 6.85. The van der Waals surface area contributed by atoms with Gasteiger partial charge in [-0.25, -0.2) is 0 Å². The van der Waals surface area contributed by atoms with E-state index >= 15 is 0 Å². The van der Waals surface area contributed by atoms with Crippen LogP contribution in [0.4, 0.5) is 0 Å². The first-order valence-electron chi connectivity index (χ1n) is 6.02. The molecule has 17 heavy (non-hydrogen) atoms. The Morgan fingerprint density at radius 2 is 2.35 bits per heavy atom. The molecule has 1 unspecified atom stereocenters. The lowest BCUT2D eigenvalue weighted by atomic mass is 10.1. The van der Waals surface area contributed by atoms with Gasteiger partial charge in [0.05, 0.1) is 6.10 Å². The summed E-state index contributed by atoms with van der Waals surface area (Å²) in [5.74, 6) is 1.06. The molecule has 0 radical (unpaired) electrons. The molecule has 1 heterocycles. The molecular weight excluding hydrogens is 298 g/mol. The molecule has 1 aromatic rings. The maximum absolute atomic E-state index is 5.62. The largest absolute Gasteiger partial charge is 0.377 e. The SMILES string of the molecule is NCCc1ccc(SCC2CCCO2)cc1Br. The van der Waals surface area contributed by atoms with Crippen molar-refractivity contribution < 1.29 is 4.74 Å². The van der Waals surface area contributed by atoms with Crippen molar-refractivity contribution in [3.05, 3.63) is 28.2 Å². The van der Waals surface area contributed by atoms with Crippen LogP contribution in [-0.4, -0.2) is 25.0 Å². The van der Waals surface area contributed by atoms with Crippen LogP contribution in [0.5, 0.6) is 0 Å². The number of hydrogen-bond donors (Lipinski definition) is 1. The molecule has 1 aliphatic heterocycles. The predicted octanol–water partition coefficient (Wildman–Crippen LogP) is 3.22. The van der Waals surface area contributed by atoms with Gasteiger partial charge in [-0.1, -0.05) is 22.0 Å². The third-order valence-corrected chi connectivity index (χ3v) is 4.76. The van der Waals surface area contributed by atoms with Crippen LogP contribution in [0.1, 0.15) is 18.4 Å². The highest BCUT2D eigenvalue weighted by Gasteiger charge is 2.15. The average Bonchev–Trinajstić information content (AvgIpc) is 2.83. The molecule has 2 N–H and O–H groups in total. The lowest BCUT2D eigenvalue weighted by molar-refractivity contribution is 0.129. The number of rotatable bonds is 5.